The molecule has 0 spiro atoms. The monoisotopic (exact) mass is 457 g/mol. The van der Waals surface area contributed by atoms with Crippen LogP contribution < -0.4 is 15.0 Å². The van der Waals surface area contributed by atoms with Crippen LogP contribution >= 0.6 is 0 Å². The standard InChI is InChI=1S/C23H27N3O5S/c1-31-21-8-6-20(7-9-21)26-16-19(14-22(26)27)23(28)24-11-13-32(29,30)25-12-10-17-4-2-3-5-18(17)15-25/h2-9,19H,10-16H2,1H3,(H,24,28). The smallest absolute Gasteiger partial charge is 0.227 e. The first-order valence-corrected chi connectivity index (χ1v) is 12.2. The van der Waals surface area contributed by atoms with Gasteiger partial charge >= 0.3 is 0 Å². The lowest BCUT2D eigenvalue weighted by Crippen LogP contribution is -2.41. The highest BCUT2D eigenvalue weighted by Crippen LogP contribution is 2.27. The zero-order valence-electron chi connectivity index (χ0n) is 18.0. The molecule has 2 aromatic rings. The maximum absolute atomic E-state index is 12.7. The number of nitrogens with one attached hydrogen (secondary N) is 1. The van der Waals surface area contributed by atoms with Crippen LogP contribution in [0.5, 0.6) is 5.75 Å². The van der Waals surface area contributed by atoms with Gasteiger partial charge in [0.05, 0.1) is 18.8 Å². The SMILES string of the molecule is COc1ccc(N2CC(C(=O)NCCS(=O)(=O)N3CCc4ccccc4C3)CC2=O)cc1. The molecule has 1 atom stereocenters. The highest BCUT2D eigenvalue weighted by molar-refractivity contribution is 7.89. The lowest BCUT2D eigenvalue weighted by Gasteiger charge is -2.28. The fourth-order valence-electron chi connectivity index (χ4n) is 4.18. The van der Waals surface area contributed by atoms with Gasteiger partial charge in [0, 0.05) is 38.3 Å². The Labute approximate surface area is 188 Å². The van der Waals surface area contributed by atoms with Gasteiger partial charge in [0.1, 0.15) is 5.75 Å². The van der Waals surface area contributed by atoms with Gasteiger partial charge in [0.15, 0.2) is 0 Å². The fourth-order valence-corrected chi connectivity index (χ4v) is 5.50. The van der Waals surface area contributed by atoms with Gasteiger partial charge in [-0.05, 0) is 41.8 Å². The van der Waals surface area contributed by atoms with Crippen LogP contribution in [0.15, 0.2) is 48.5 Å². The predicted molar refractivity (Wildman–Crippen MR) is 121 cm³/mol. The third-order valence-corrected chi connectivity index (χ3v) is 7.85. The van der Waals surface area contributed by atoms with Crippen LogP contribution in [-0.2, 0) is 32.6 Å². The molecule has 0 aromatic heterocycles. The number of rotatable bonds is 7. The van der Waals surface area contributed by atoms with Gasteiger partial charge in [-0.3, -0.25) is 9.59 Å². The van der Waals surface area contributed by atoms with E-state index in [1.54, 1.807) is 36.3 Å². The molecule has 2 amide bonds. The third kappa shape index (κ3) is 4.78. The number of amides is 2. The number of carbonyl (C=O) groups is 2. The Morgan fingerprint density at radius 2 is 1.84 bits per heavy atom. The normalized spacial score (nSPS) is 19.0. The van der Waals surface area contributed by atoms with Crippen LogP contribution in [0.25, 0.3) is 0 Å². The molecule has 2 aromatic carbocycles. The number of hydrogen-bond acceptors (Lipinski definition) is 5. The third-order valence-electron chi connectivity index (χ3n) is 6.03. The maximum atomic E-state index is 12.7. The van der Waals surface area contributed by atoms with E-state index in [1.807, 2.05) is 24.3 Å². The van der Waals surface area contributed by atoms with Gasteiger partial charge in [-0.15, -0.1) is 0 Å². The molecule has 1 unspecified atom stereocenters. The van der Waals surface area contributed by atoms with Gasteiger partial charge < -0.3 is 15.0 Å². The summed E-state index contributed by atoms with van der Waals surface area (Å²) in [5.41, 5.74) is 2.91. The molecule has 32 heavy (non-hydrogen) atoms. The molecular weight excluding hydrogens is 430 g/mol. The summed E-state index contributed by atoms with van der Waals surface area (Å²) in [4.78, 5) is 26.5. The Morgan fingerprint density at radius 1 is 1.12 bits per heavy atom. The second-order valence-electron chi connectivity index (χ2n) is 8.06. The lowest BCUT2D eigenvalue weighted by molar-refractivity contribution is -0.126. The summed E-state index contributed by atoms with van der Waals surface area (Å²) in [5, 5.41) is 2.71. The van der Waals surface area contributed by atoms with Crippen LogP contribution in [0.1, 0.15) is 17.5 Å². The Balaban J connectivity index is 1.29. The first-order chi connectivity index (χ1) is 15.4. The number of methoxy groups -OCH3 is 1. The van der Waals surface area contributed by atoms with Crippen molar-refractivity contribution >= 4 is 27.5 Å². The molecule has 4 rings (SSSR count). The maximum Gasteiger partial charge on any atom is 0.227 e. The van der Waals surface area contributed by atoms with Crippen LogP contribution in [-0.4, -0.2) is 57.0 Å². The van der Waals surface area contributed by atoms with Gasteiger partial charge in [0.25, 0.3) is 0 Å². The van der Waals surface area contributed by atoms with E-state index >= 15 is 0 Å². The largest absolute Gasteiger partial charge is 0.497 e. The summed E-state index contributed by atoms with van der Waals surface area (Å²) in [6, 6.07) is 14.9. The van der Waals surface area contributed by atoms with Crippen LogP contribution in [0.4, 0.5) is 5.69 Å². The Bertz CT molecular complexity index is 1100. The van der Waals surface area contributed by atoms with E-state index in [0.29, 0.717) is 30.9 Å². The highest BCUT2D eigenvalue weighted by atomic mass is 32.2. The lowest BCUT2D eigenvalue weighted by atomic mass is 10.0. The van der Waals surface area contributed by atoms with Crippen molar-refractivity contribution in [2.45, 2.75) is 19.4 Å². The van der Waals surface area contributed by atoms with Crippen molar-refractivity contribution in [2.24, 2.45) is 5.92 Å². The zero-order chi connectivity index (χ0) is 22.7. The minimum absolute atomic E-state index is 0.0204. The summed E-state index contributed by atoms with van der Waals surface area (Å²) >= 11 is 0. The second kappa shape index (κ2) is 9.30. The number of carbonyl (C=O) groups excluding carboxylic acids is 2. The number of sulfonamides is 1. The molecule has 1 N–H and O–H groups in total. The molecule has 2 heterocycles. The number of benzene rings is 2. The van der Waals surface area contributed by atoms with E-state index in [0.717, 1.165) is 5.56 Å². The van der Waals surface area contributed by atoms with Crippen LogP contribution in [0, 0.1) is 5.92 Å². The van der Waals surface area contributed by atoms with Crippen molar-refractivity contribution < 1.29 is 22.7 Å². The summed E-state index contributed by atoms with van der Waals surface area (Å²) in [6.07, 6.45) is 0.792. The highest BCUT2D eigenvalue weighted by Gasteiger charge is 2.35. The molecule has 1 saturated heterocycles. The Morgan fingerprint density at radius 3 is 2.56 bits per heavy atom. The van der Waals surface area contributed by atoms with Crippen LogP contribution in [0.2, 0.25) is 0 Å². The minimum atomic E-state index is -3.49. The van der Waals surface area contributed by atoms with Crippen molar-refractivity contribution in [3.05, 3.63) is 59.7 Å². The average molecular weight is 458 g/mol. The number of anilines is 1. The molecule has 170 valence electrons. The summed E-state index contributed by atoms with van der Waals surface area (Å²) in [5.74, 6) is -0.408. The van der Waals surface area contributed by atoms with Crippen molar-refractivity contribution in [2.75, 3.05) is 37.4 Å². The summed E-state index contributed by atoms with van der Waals surface area (Å²) < 4.78 is 32.1. The molecule has 8 nitrogen and oxygen atoms in total. The topological polar surface area (TPSA) is 96.0 Å². The van der Waals surface area contributed by atoms with Crippen molar-refractivity contribution in [3.8, 4) is 5.75 Å². The molecule has 0 aliphatic carbocycles. The summed E-state index contributed by atoms with van der Waals surface area (Å²) in [7, 11) is -1.92. The first-order valence-electron chi connectivity index (χ1n) is 10.6. The quantitative estimate of drug-likeness (QED) is 0.681. The van der Waals surface area contributed by atoms with Crippen LogP contribution in [0.3, 0.4) is 0 Å². The molecule has 0 saturated carbocycles. The Hall–Kier alpha value is -2.91. The minimum Gasteiger partial charge on any atom is -0.497 e. The first kappa shape index (κ1) is 22.3. The van der Waals surface area contributed by atoms with Crippen molar-refractivity contribution in [1.29, 1.82) is 0 Å². The Kier molecular flexibility index (Phi) is 6.48. The molecular formula is C23H27N3O5S. The van der Waals surface area contributed by atoms with Crippen molar-refractivity contribution in [3.63, 3.8) is 0 Å². The van der Waals surface area contributed by atoms with Gasteiger partial charge in [-0.25, -0.2) is 8.42 Å². The number of fused-ring (bicyclic) bond motifs is 1. The predicted octanol–water partition coefficient (Wildman–Crippen LogP) is 1.55. The fraction of sp³-hybridized carbons (Fsp3) is 0.391. The molecule has 2 aliphatic heterocycles. The van der Waals surface area contributed by atoms with E-state index in [1.165, 1.54) is 9.87 Å². The van der Waals surface area contributed by atoms with E-state index in [4.69, 9.17) is 4.74 Å². The van der Waals surface area contributed by atoms with E-state index < -0.39 is 15.9 Å². The molecule has 0 bridgehead atoms. The van der Waals surface area contributed by atoms with Crippen molar-refractivity contribution in [1.82, 2.24) is 9.62 Å². The average Bonchev–Trinajstić information content (AvgIpc) is 3.20. The van der Waals surface area contributed by atoms with Gasteiger partial charge in [-0.2, -0.15) is 4.31 Å². The zero-order valence-corrected chi connectivity index (χ0v) is 18.8. The van der Waals surface area contributed by atoms with E-state index in [9.17, 15) is 18.0 Å². The molecule has 2 aliphatic rings. The van der Waals surface area contributed by atoms with Gasteiger partial charge in [-0.1, -0.05) is 24.3 Å². The summed E-state index contributed by atoms with van der Waals surface area (Å²) in [6.45, 7) is 1.10. The molecule has 0 radical (unpaired) electrons. The second-order valence-corrected chi connectivity index (χ2v) is 10.2. The van der Waals surface area contributed by atoms with E-state index in [2.05, 4.69) is 5.32 Å². The number of nitrogens with zero attached hydrogens (tertiary/aromatic N) is 2. The van der Waals surface area contributed by atoms with Gasteiger partial charge in [0.2, 0.25) is 21.8 Å². The number of hydrogen-bond donors (Lipinski definition) is 1. The molecule has 1 fully saturated rings. The number of ether oxygens (including phenoxy) is 1. The molecule has 9 heteroatoms. The van der Waals surface area contributed by atoms with E-state index in [-0.39, 0.29) is 37.1 Å².